The molecule has 2 amide bonds. The molecule has 1 aromatic rings. The second-order valence-corrected chi connectivity index (χ2v) is 7.75. The number of hydrogen-bond donors (Lipinski definition) is 2. The monoisotopic (exact) mass is 347 g/mol. The molecule has 2 N–H and O–H groups in total. The Labute approximate surface area is 149 Å². The van der Waals surface area contributed by atoms with Crippen LogP contribution in [0.4, 0.5) is 4.79 Å². The summed E-state index contributed by atoms with van der Waals surface area (Å²) in [5.41, 5.74) is 0. The third kappa shape index (κ3) is 4.01. The van der Waals surface area contributed by atoms with Gasteiger partial charge in [-0.05, 0) is 50.7 Å². The number of nitrogens with zero attached hydrogens (tertiary/aromatic N) is 2. The fraction of sp³-hybridized carbons (Fsp3) is 0.737. The van der Waals surface area contributed by atoms with Crippen molar-refractivity contribution in [1.29, 1.82) is 0 Å². The van der Waals surface area contributed by atoms with Crippen molar-refractivity contribution < 1.29 is 14.3 Å². The van der Waals surface area contributed by atoms with E-state index in [1.807, 2.05) is 4.90 Å². The van der Waals surface area contributed by atoms with E-state index in [0.717, 1.165) is 51.4 Å². The van der Waals surface area contributed by atoms with Crippen LogP contribution in [0.2, 0.25) is 0 Å². The number of carbonyl (C=O) groups is 1. The van der Waals surface area contributed by atoms with Crippen LogP contribution in [-0.4, -0.2) is 58.7 Å². The highest BCUT2D eigenvalue weighted by Crippen LogP contribution is 2.30. The highest BCUT2D eigenvalue weighted by atomic mass is 16.4. The number of rotatable bonds is 5. The van der Waals surface area contributed by atoms with Crippen molar-refractivity contribution >= 4 is 6.03 Å². The molecule has 1 aromatic heterocycles. The average molecular weight is 347 g/mol. The Morgan fingerprint density at radius 2 is 2.04 bits per heavy atom. The van der Waals surface area contributed by atoms with Gasteiger partial charge in [-0.25, -0.2) is 4.79 Å². The number of carbonyl (C=O) groups excluding carboxylic acids is 1. The van der Waals surface area contributed by atoms with Crippen molar-refractivity contribution in [3.05, 3.63) is 24.2 Å². The van der Waals surface area contributed by atoms with Gasteiger partial charge in [0, 0.05) is 44.2 Å². The van der Waals surface area contributed by atoms with E-state index in [4.69, 9.17) is 4.42 Å². The first kappa shape index (κ1) is 16.9. The molecule has 2 aliphatic heterocycles. The first-order valence-corrected chi connectivity index (χ1v) is 9.73. The Kier molecular flexibility index (Phi) is 4.99. The van der Waals surface area contributed by atoms with Crippen molar-refractivity contribution in [2.45, 2.75) is 69.2 Å². The third-order valence-corrected chi connectivity index (χ3v) is 5.93. The number of hydrogen-bond acceptors (Lipinski definition) is 4. The Balaban J connectivity index is 1.27. The van der Waals surface area contributed by atoms with Gasteiger partial charge >= 0.3 is 6.03 Å². The van der Waals surface area contributed by atoms with Gasteiger partial charge in [0.05, 0.1) is 6.26 Å². The zero-order valence-corrected chi connectivity index (χ0v) is 14.8. The minimum absolute atomic E-state index is 0.0408. The second kappa shape index (κ2) is 7.38. The van der Waals surface area contributed by atoms with Crippen LogP contribution in [0.1, 0.15) is 56.8 Å². The average Bonchev–Trinajstić information content (AvgIpc) is 3.12. The zero-order valence-electron chi connectivity index (χ0n) is 14.8. The molecule has 0 unspecified atom stereocenters. The van der Waals surface area contributed by atoms with Crippen LogP contribution >= 0.6 is 0 Å². The van der Waals surface area contributed by atoms with Crippen molar-refractivity contribution in [2.24, 2.45) is 0 Å². The third-order valence-electron chi connectivity index (χ3n) is 5.93. The summed E-state index contributed by atoms with van der Waals surface area (Å²) < 4.78 is 5.28. The fourth-order valence-electron chi connectivity index (χ4n) is 4.31. The molecule has 138 valence electrons. The molecular weight excluding hydrogens is 318 g/mol. The summed E-state index contributed by atoms with van der Waals surface area (Å²) in [5, 5.41) is 13.6. The van der Waals surface area contributed by atoms with Gasteiger partial charge in [0.2, 0.25) is 0 Å². The van der Waals surface area contributed by atoms with Gasteiger partial charge in [-0.2, -0.15) is 0 Å². The number of furan rings is 1. The van der Waals surface area contributed by atoms with Gasteiger partial charge in [-0.3, -0.25) is 0 Å². The Morgan fingerprint density at radius 1 is 1.24 bits per heavy atom. The van der Waals surface area contributed by atoms with E-state index in [1.54, 1.807) is 18.4 Å². The van der Waals surface area contributed by atoms with Gasteiger partial charge < -0.3 is 24.6 Å². The number of urea groups is 1. The highest BCUT2D eigenvalue weighted by Gasteiger charge is 2.35. The molecule has 0 aromatic carbocycles. The summed E-state index contributed by atoms with van der Waals surface area (Å²) in [5.74, 6) is 0.583. The maximum Gasteiger partial charge on any atom is 0.317 e. The predicted octanol–water partition coefficient (Wildman–Crippen LogP) is 2.50. The maximum atomic E-state index is 12.7. The van der Waals surface area contributed by atoms with Crippen LogP contribution in [0, 0.1) is 0 Å². The minimum Gasteiger partial charge on any atom is -0.467 e. The van der Waals surface area contributed by atoms with Crippen molar-refractivity contribution in [2.75, 3.05) is 19.6 Å². The van der Waals surface area contributed by atoms with Gasteiger partial charge in [0.15, 0.2) is 0 Å². The normalized spacial score (nSPS) is 26.8. The van der Waals surface area contributed by atoms with E-state index in [-0.39, 0.29) is 12.1 Å². The molecule has 1 saturated carbocycles. The van der Waals surface area contributed by atoms with E-state index in [0.29, 0.717) is 18.2 Å². The number of piperidine rings is 1. The zero-order chi connectivity index (χ0) is 17.2. The first-order valence-electron chi connectivity index (χ1n) is 9.73. The molecule has 3 aliphatic rings. The molecule has 2 saturated heterocycles. The Morgan fingerprint density at radius 3 is 2.72 bits per heavy atom. The maximum absolute atomic E-state index is 12.7. The molecule has 6 heteroatoms. The number of amides is 2. The molecule has 1 aliphatic carbocycles. The SMILES string of the molecule is O=C(NC1CCN(C2CC2)CC1)N1CCC[C@H]1C[C@H](O)c1ccco1. The van der Waals surface area contributed by atoms with Crippen LogP contribution in [0.3, 0.4) is 0 Å². The second-order valence-electron chi connectivity index (χ2n) is 7.75. The van der Waals surface area contributed by atoms with E-state index < -0.39 is 6.10 Å². The van der Waals surface area contributed by atoms with Gasteiger partial charge in [0.25, 0.3) is 0 Å². The highest BCUT2D eigenvalue weighted by molar-refractivity contribution is 5.75. The smallest absolute Gasteiger partial charge is 0.317 e. The topological polar surface area (TPSA) is 69.0 Å². The lowest BCUT2D eigenvalue weighted by Gasteiger charge is -2.34. The summed E-state index contributed by atoms with van der Waals surface area (Å²) in [6, 6.07) is 4.82. The van der Waals surface area contributed by atoms with Gasteiger partial charge in [-0.1, -0.05) is 0 Å². The lowest BCUT2D eigenvalue weighted by molar-refractivity contribution is 0.106. The fourth-order valence-corrected chi connectivity index (χ4v) is 4.31. The lowest BCUT2D eigenvalue weighted by Crippen LogP contribution is -2.50. The number of likely N-dealkylation sites (tertiary alicyclic amines) is 2. The van der Waals surface area contributed by atoms with E-state index in [9.17, 15) is 9.90 Å². The summed E-state index contributed by atoms with van der Waals surface area (Å²) in [6.07, 6.45) is 8.23. The van der Waals surface area contributed by atoms with E-state index in [2.05, 4.69) is 10.2 Å². The largest absolute Gasteiger partial charge is 0.467 e. The van der Waals surface area contributed by atoms with Gasteiger partial charge in [0.1, 0.15) is 11.9 Å². The lowest BCUT2D eigenvalue weighted by atomic mass is 10.0. The predicted molar refractivity (Wildman–Crippen MR) is 94.2 cm³/mol. The molecule has 0 radical (unpaired) electrons. The summed E-state index contributed by atoms with van der Waals surface area (Å²) >= 11 is 0. The number of aliphatic hydroxyl groups excluding tert-OH is 1. The van der Waals surface area contributed by atoms with E-state index in [1.165, 1.54) is 12.8 Å². The molecule has 3 fully saturated rings. The molecule has 3 heterocycles. The molecule has 0 spiro atoms. The standard InChI is InChI=1S/C19H29N3O3/c23-17(18-4-2-12-25-18)13-16-3-1-9-22(16)19(24)20-14-7-10-21(11-8-14)15-5-6-15/h2,4,12,14-17,23H,1,3,5-11,13H2,(H,20,24)/t16-,17-/m0/s1. The summed E-state index contributed by atoms with van der Waals surface area (Å²) in [6.45, 7) is 2.99. The van der Waals surface area contributed by atoms with Crippen molar-refractivity contribution in [3.8, 4) is 0 Å². The Hall–Kier alpha value is -1.53. The van der Waals surface area contributed by atoms with Crippen LogP contribution in [0.5, 0.6) is 0 Å². The van der Waals surface area contributed by atoms with Crippen molar-refractivity contribution in [3.63, 3.8) is 0 Å². The van der Waals surface area contributed by atoms with E-state index >= 15 is 0 Å². The molecule has 4 rings (SSSR count). The van der Waals surface area contributed by atoms with Crippen LogP contribution in [0.25, 0.3) is 0 Å². The molecule has 6 nitrogen and oxygen atoms in total. The van der Waals surface area contributed by atoms with Crippen LogP contribution in [-0.2, 0) is 0 Å². The number of aliphatic hydroxyl groups is 1. The minimum atomic E-state index is -0.643. The molecule has 2 atom stereocenters. The number of nitrogens with one attached hydrogen (secondary N) is 1. The van der Waals surface area contributed by atoms with Crippen LogP contribution < -0.4 is 5.32 Å². The quantitative estimate of drug-likeness (QED) is 0.859. The van der Waals surface area contributed by atoms with Crippen molar-refractivity contribution in [1.82, 2.24) is 15.1 Å². The Bertz CT molecular complexity index is 564. The molecule has 0 bridgehead atoms. The van der Waals surface area contributed by atoms with Crippen LogP contribution in [0.15, 0.2) is 22.8 Å². The van der Waals surface area contributed by atoms with Gasteiger partial charge in [-0.15, -0.1) is 0 Å². The molecule has 25 heavy (non-hydrogen) atoms. The first-order chi connectivity index (χ1) is 12.2. The summed E-state index contributed by atoms with van der Waals surface area (Å²) in [7, 11) is 0. The summed E-state index contributed by atoms with van der Waals surface area (Å²) in [4.78, 5) is 17.2. The molecular formula is C19H29N3O3.